The first-order chi connectivity index (χ1) is 5.79. The average Bonchev–Trinajstić information content (AvgIpc) is 2.16. The summed E-state index contributed by atoms with van der Waals surface area (Å²) in [4.78, 5) is 12.2. The van der Waals surface area contributed by atoms with E-state index >= 15 is 0 Å². The molecule has 0 saturated carbocycles. The van der Waals surface area contributed by atoms with Gasteiger partial charge in [-0.15, -0.1) is 24.2 Å². The van der Waals surface area contributed by atoms with E-state index in [0.717, 1.165) is 10.5 Å². The second kappa shape index (κ2) is 6.02. The molecule has 1 aromatic rings. The minimum atomic E-state index is -0.0000463. The molecule has 0 spiro atoms. The Hall–Kier alpha value is -0.510. The molecule has 0 radical (unpaired) electrons. The number of hydrogen-bond donors (Lipinski definition) is 1. The van der Waals surface area contributed by atoms with E-state index in [0.29, 0.717) is 0 Å². The lowest BCUT2D eigenvalue weighted by Crippen LogP contribution is -2.14. The van der Waals surface area contributed by atoms with E-state index in [1.54, 1.807) is 17.8 Å². The summed E-state index contributed by atoms with van der Waals surface area (Å²) in [6.45, 7) is 0.0809. The van der Waals surface area contributed by atoms with Gasteiger partial charge in [0.1, 0.15) is 0 Å². The van der Waals surface area contributed by atoms with Crippen molar-refractivity contribution in [2.24, 2.45) is 5.73 Å². The predicted molar refractivity (Wildman–Crippen MR) is 58.9 cm³/mol. The van der Waals surface area contributed by atoms with E-state index in [1.165, 1.54) is 0 Å². The van der Waals surface area contributed by atoms with Crippen LogP contribution in [0.15, 0.2) is 29.2 Å². The van der Waals surface area contributed by atoms with E-state index in [1.807, 2.05) is 24.5 Å². The molecule has 0 aliphatic heterocycles. The topological polar surface area (TPSA) is 43.1 Å². The average molecular weight is 218 g/mol. The van der Waals surface area contributed by atoms with Gasteiger partial charge in [-0.3, -0.25) is 4.79 Å². The zero-order chi connectivity index (χ0) is 8.97. The van der Waals surface area contributed by atoms with Gasteiger partial charge in [0.2, 0.25) is 0 Å². The van der Waals surface area contributed by atoms with Crippen LogP contribution in [0, 0.1) is 0 Å². The smallest absolute Gasteiger partial charge is 0.177 e. The van der Waals surface area contributed by atoms with Crippen LogP contribution in [0.25, 0.3) is 0 Å². The summed E-state index contributed by atoms with van der Waals surface area (Å²) in [5.74, 6) is -0.0000463. The first kappa shape index (κ1) is 12.5. The fourth-order valence-corrected chi connectivity index (χ4v) is 1.60. The van der Waals surface area contributed by atoms with Crippen molar-refractivity contribution >= 4 is 30.0 Å². The molecule has 0 atom stereocenters. The molecule has 0 aliphatic carbocycles. The van der Waals surface area contributed by atoms with Crippen LogP contribution in [0.3, 0.4) is 0 Å². The quantitative estimate of drug-likeness (QED) is 0.622. The number of carbonyl (C=O) groups is 1. The molecule has 72 valence electrons. The summed E-state index contributed by atoms with van der Waals surface area (Å²) in [5, 5.41) is 0. The van der Waals surface area contributed by atoms with Gasteiger partial charge < -0.3 is 5.73 Å². The van der Waals surface area contributed by atoms with E-state index in [4.69, 9.17) is 5.73 Å². The Bertz CT molecular complexity index is 291. The Morgan fingerprint density at radius 2 is 2.08 bits per heavy atom. The van der Waals surface area contributed by atoms with Gasteiger partial charge in [-0.05, 0) is 12.3 Å². The molecular formula is C9H12ClNOS. The van der Waals surface area contributed by atoms with Crippen LogP contribution < -0.4 is 5.73 Å². The highest BCUT2D eigenvalue weighted by Crippen LogP contribution is 2.19. The van der Waals surface area contributed by atoms with Crippen LogP contribution in [-0.4, -0.2) is 18.6 Å². The molecule has 2 nitrogen and oxygen atoms in total. The summed E-state index contributed by atoms with van der Waals surface area (Å²) in [5.41, 5.74) is 6.00. The summed E-state index contributed by atoms with van der Waals surface area (Å²) in [6, 6.07) is 7.50. The summed E-state index contributed by atoms with van der Waals surface area (Å²) in [6.07, 6.45) is 1.95. The lowest BCUT2D eigenvalue weighted by molar-refractivity contribution is 0.0998. The SMILES string of the molecule is CSc1ccccc1C(=O)CN.Cl. The molecule has 0 aromatic heterocycles. The number of carbonyl (C=O) groups excluding carboxylic acids is 1. The van der Waals surface area contributed by atoms with Crippen molar-refractivity contribution in [1.29, 1.82) is 0 Å². The van der Waals surface area contributed by atoms with Crippen molar-refractivity contribution in [3.8, 4) is 0 Å². The van der Waals surface area contributed by atoms with Crippen molar-refractivity contribution in [2.45, 2.75) is 4.90 Å². The van der Waals surface area contributed by atoms with Gasteiger partial charge in [-0.1, -0.05) is 18.2 Å². The largest absolute Gasteiger partial charge is 0.324 e. The Kier molecular flexibility index (Phi) is 5.79. The third-order valence-electron chi connectivity index (χ3n) is 1.59. The second-order valence-electron chi connectivity index (χ2n) is 2.33. The maximum Gasteiger partial charge on any atom is 0.177 e. The van der Waals surface area contributed by atoms with Gasteiger partial charge in [-0.25, -0.2) is 0 Å². The zero-order valence-electron chi connectivity index (χ0n) is 7.32. The lowest BCUT2D eigenvalue weighted by atomic mass is 10.1. The highest BCUT2D eigenvalue weighted by molar-refractivity contribution is 7.98. The summed E-state index contributed by atoms with van der Waals surface area (Å²) < 4.78 is 0. The van der Waals surface area contributed by atoms with E-state index in [9.17, 15) is 4.79 Å². The Labute approximate surface area is 88.3 Å². The van der Waals surface area contributed by atoms with Crippen LogP contribution >= 0.6 is 24.2 Å². The van der Waals surface area contributed by atoms with E-state index in [-0.39, 0.29) is 24.7 Å². The fourth-order valence-electron chi connectivity index (χ4n) is 0.985. The molecule has 4 heteroatoms. The molecule has 0 bridgehead atoms. The molecular weight excluding hydrogens is 206 g/mol. The van der Waals surface area contributed by atoms with Crippen LogP contribution in [0.4, 0.5) is 0 Å². The zero-order valence-corrected chi connectivity index (χ0v) is 8.95. The number of rotatable bonds is 3. The Morgan fingerprint density at radius 1 is 1.46 bits per heavy atom. The summed E-state index contributed by atoms with van der Waals surface area (Å²) >= 11 is 1.56. The second-order valence-corrected chi connectivity index (χ2v) is 3.18. The number of thioether (sulfide) groups is 1. The highest BCUT2D eigenvalue weighted by atomic mass is 35.5. The standard InChI is InChI=1S/C9H11NOS.ClH/c1-12-9-5-3-2-4-7(9)8(11)6-10;/h2-5H,6,10H2,1H3;1H. The number of nitrogens with two attached hydrogens (primary N) is 1. The van der Waals surface area contributed by atoms with Gasteiger partial charge in [0.05, 0.1) is 6.54 Å². The van der Waals surface area contributed by atoms with Crippen LogP contribution in [0.1, 0.15) is 10.4 Å². The van der Waals surface area contributed by atoms with Gasteiger partial charge in [0.25, 0.3) is 0 Å². The Balaban J connectivity index is 0.00000144. The molecule has 0 fully saturated rings. The van der Waals surface area contributed by atoms with Gasteiger partial charge in [0.15, 0.2) is 5.78 Å². The molecule has 1 aromatic carbocycles. The number of halogens is 1. The number of benzene rings is 1. The number of hydrogen-bond acceptors (Lipinski definition) is 3. The van der Waals surface area contributed by atoms with Crippen molar-refractivity contribution < 1.29 is 4.79 Å². The van der Waals surface area contributed by atoms with Crippen LogP contribution in [0.5, 0.6) is 0 Å². The minimum absolute atomic E-state index is 0. The van der Waals surface area contributed by atoms with Crippen molar-refractivity contribution in [3.05, 3.63) is 29.8 Å². The third-order valence-corrected chi connectivity index (χ3v) is 2.39. The lowest BCUT2D eigenvalue weighted by Gasteiger charge is -2.03. The monoisotopic (exact) mass is 217 g/mol. The highest BCUT2D eigenvalue weighted by Gasteiger charge is 2.06. The number of ketones is 1. The van der Waals surface area contributed by atoms with E-state index in [2.05, 4.69) is 0 Å². The van der Waals surface area contributed by atoms with Crippen molar-refractivity contribution in [1.82, 2.24) is 0 Å². The molecule has 13 heavy (non-hydrogen) atoms. The molecule has 0 unspecified atom stereocenters. The molecule has 0 heterocycles. The molecule has 0 amide bonds. The normalized spacial score (nSPS) is 9.08. The predicted octanol–water partition coefficient (Wildman–Crippen LogP) is 1.97. The van der Waals surface area contributed by atoms with Gasteiger partial charge >= 0.3 is 0 Å². The van der Waals surface area contributed by atoms with Gasteiger partial charge in [0, 0.05) is 10.5 Å². The molecule has 0 aliphatic rings. The minimum Gasteiger partial charge on any atom is -0.324 e. The number of Topliss-reactive ketones (excluding diaryl/α,β-unsaturated/α-hetero) is 1. The summed E-state index contributed by atoms with van der Waals surface area (Å²) in [7, 11) is 0. The fraction of sp³-hybridized carbons (Fsp3) is 0.222. The molecule has 0 saturated heterocycles. The first-order valence-corrected chi connectivity index (χ1v) is 4.88. The van der Waals surface area contributed by atoms with Gasteiger partial charge in [-0.2, -0.15) is 0 Å². The third kappa shape index (κ3) is 3.03. The molecule has 1 rings (SSSR count). The maximum absolute atomic E-state index is 11.3. The van der Waals surface area contributed by atoms with Crippen LogP contribution in [-0.2, 0) is 0 Å². The van der Waals surface area contributed by atoms with Crippen LogP contribution in [0.2, 0.25) is 0 Å². The maximum atomic E-state index is 11.3. The molecule has 2 N–H and O–H groups in total. The first-order valence-electron chi connectivity index (χ1n) is 3.66. The van der Waals surface area contributed by atoms with Crippen molar-refractivity contribution in [3.63, 3.8) is 0 Å². The Morgan fingerprint density at radius 3 is 2.62 bits per heavy atom. The van der Waals surface area contributed by atoms with E-state index < -0.39 is 0 Å². The van der Waals surface area contributed by atoms with Crippen molar-refractivity contribution in [2.75, 3.05) is 12.8 Å².